The molecule has 1 aliphatic rings. The van der Waals surface area contributed by atoms with Crippen LogP contribution in [0.4, 0.5) is 0 Å². The van der Waals surface area contributed by atoms with Crippen LogP contribution in [0.25, 0.3) is 10.5 Å². The van der Waals surface area contributed by atoms with Gasteiger partial charge in [0.05, 0.1) is 27.2 Å². The van der Waals surface area contributed by atoms with Crippen molar-refractivity contribution in [2.45, 2.75) is 31.1 Å². The average molecular weight is 417 g/mol. The lowest BCUT2D eigenvalue weighted by atomic mass is 9.95. The summed E-state index contributed by atoms with van der Waals surface area (Å²) < 4.78 is 19.1. The van der Waals surface area contributed by atoms with E-state index < -0.39 is 10.8 Å². The van der Waals surface area contributed by atoms with E-state index in [2.05, 4.69) is 6.92 Å². The summed E-state index contributed by atoms with van der Waals surface area (Å²) in [6.45, 7) is 2.85. The Hall–Kier alpha value is -2.98. The molecule has 0 N–H and O–H groups in total. The van der Waals surface area contributed by atoms with Crippen LogP contribution in [0.15, 0.2) is 83.8 Å². The third-order valence-corrected chi connectivity index (χ3v) is 6.73. The molecule has 1 heterocycles. The minimum Gasteiger partial charge on any atom is -0.494 e. The highest BCUT2D eigenvalue weighted by Gasteiger charge is 2.33. The molecule has 0 aliphatic carbocycles. The molecule has 4 rings (SSSR count). The molecule has 152 valence electrons. The summed E-state index contributed by atoms with van der Waals surface area (Å²) in [6, 6.07) is 24.2. The number of unbranched alkanes of at least 4 members (excludes halogenated alkanes) is 2. The van der Waals surface area contributed by atoms with Crippen LogP contribution < -0.4 is 4.74 Å². The lowest BCUT2D eigenvalue weighted by molar-refractivity contribution is 0.105. The summed E-state index contributed by atoms with van der Waals surface area (Å²) in [5, 5.41) is 0. The number of ketones is 1. The van der Waals surface area contributed by atoms with Gasteiger partial charge in [0.1, 0.15) is 5.75 Å². The molecule has 30 heavy (non-hydrogen) atoms. The number of benzene rings is 3. The molecular formula is C26H24O3S. The average Bonchev–Trinajstić information content (AvgIpc) is 3.10. The van der Waals surface area contributed by atoms with Gasteiger partial charge in [-0.15, -0.1) is 0 Å². The maximum Gasteiger partial charge on any atom is 0.194 e. The van der Waals surface area contributed by atoms with E-state index in [0.29, 0.717) is 27.5 Å². The molecule has 1 atom stereocenters. The van der Waals surface area contributed by atoms with Crippen LogP contribution in [-0.2, 0) is 10.8 Å². The normalized spacial score (nSPS) is 15.2. The van der Waals surface area contributed by atoms with Crippen molar-refractivity contribution in [1.29, 1.82) is 0 Å². The van der Waals surface area contributed by atoms with Crippen LogP contribution >= 0.6 is 0 Å². The number of Topliss-reactive ketones (excluding diaryl/α,β-unsaturated/α-hetero) is 1. The van der Waals surface area contributed by atoms with Crippen LogP contribution in [0, 0.1) is 0 Å². The Balaban J connectivity index is 1.72. The summed E-state index contributed by atoms with van der Waals surface area (Å²) in [7, 11) is -1.41. The van der Waals surface area contributed by atoms with E-state index in [9.17, 15) is 9.00 Å². The molecule has 1 aliphatic heterocycles. The molecule has 0 amide bonds. The van der Waals surface area contributed by atoms with Crippen LogP contribution in [0.5, 0.6) is 5.75 Å². The van der Waals surface area contributed by atoms with Gasteiger partial charge in [-0.1, -0.05) is 80.4 Å². The number of fused-ring (bicyclic) bond motifs is 1. The zero-order valence-corrected chi connectivity index (χ0v) is 17.8. The first kappa shape index (κ1) is 20.3. The Kier molecular flexibility index (Phi) is 6.24. The lowest BCUT2D eigenvalue weighted by Gasteiger charge is -2.09. The molecule has 0 fully saturated rings. The number of hydrogen-bond acceptors (Lipinski definition) is 3. The summed E-state index contributed by atoms with van der Waals surface area (Å²) in [5.74, 6) is 0.677. The van der Waals surface area contributed by atoms with E-state index in [0.717, 1.165) is 36.1 Å². The summed E-state index contributed by atoms with van der Waals surface area (Å²) in [5.41, 5.74) is 2.64. The van der Waals surface area contributed by atoms with E-state index in [1.165, 1.54) is 0 Å². The standard InChI is InChI=1S/C26H24O3S/c1-2-3-9-18-29-21-16-14-20(15-17-21)26-24(25(27)19-10-5-4-6-11-19)22-12-7-8-13-23(22)30(26)28/h4-8,10-17H,2-3,9,18H2,1H3. The van der Waals surface area contributed by atoms with Gasteiger partial charge >= 0.3 is 0 Å². The maximum absolute atomic E-state index is 13.4. The summed E-state index contributed by atoms with van der Waals surface area (Å²) >= 11 is 0. The van der Waals surface area contributed by atoms with Crippen LogP contribution in [0.2, 0.25) is 0 Å². The monoisotopic (exact) mass is 416 g/mol. The fourth-order valence-electron chi connectivity index (χ4n) is 3.62. The van der Waals surface area contributed by atoms with Crippen molar-refractivity contribution < 1.29 is 13.7 Å². The number of carbonyl (C=O) groups is 1. The van der Waals surface area contributed by atoms with Crippen LogP contribution in [0.1, 0.15) is 47.7 Å². The van der Waals surface area contributed by atoms with Crippen molar-refractivity contribution >= 4 is 27.1 Å². The Labute approximate surface area is 179 Å². The minimum atomic E-state index is -1.41. The molecule has 3 aromatic rings. The molecule has 0 saturated carbocycles. The third kappa shape index (κ3) is 4.01. The predicted octanol–water partition coefficient (Wildman–Crippen LogP) is 6.13. The zero-order valence-electron chi connectivity index (χ0n) is 17.0. The van der Waals surface area contributed by atoms with E-state index in [1.54, 1.807) is 12.1 Å². The molecule has 3 nitrogen and oxygen atoms in total. The summed E-state index contributed by atoms with van der Waals surface area (Å²) in [4.78, 5) is 14.7. The Morgan fingerprint density at radius 1 is 0.867 bits per heavy atom. The van der Waals surface area contributed by atoms with Gasteiger partial charge < -0.3 is 4.74 Å². The second-order valence-electron chi connectivity index (χ2n) is 7.24. The van der Waals surface area contributed by atoms with Crippen LogP contribution in [0.3, 0.4) is 0 Å². The fourth-order valence-corrected chi connectivity index (χ4v) is 5.15. The van der Waals surface area contributed by atoms with Crippen molar-refractivity contribution in [3.8, 4) is 5.75 Å². The number of hydrogen-bond donors (Lipinski definition) is 0. The van der Waals surface area contributed by atoms with Crippen molar-refractivity contribution in [3.05, 3.63) is 95.6 Å². The topological polar surface area (TPSA) is 43.4 Å². The number of allylic oxidation sites excluding steroid dienone is 1. The fraction of sp³-hybridized carbons (Fsp3) is 0.192. The Morgan fingerprint density at radius 2 is 1.57 bits per heavy atom. The van der Waals surface area contributed by atoms with E-state index in [1.807, 2.05) is 66.7 Å². The second-order valence-corrected chi connectivity index (χ2v) is 8.63. The van der Waals surface area contributed by atoms with Gasteiger partial charge in [-0.3, -0.25) is 4.79 Å². The van der Waals surface area contributed by atoms with Gasteiger partial charge in [-0.2, -0.15) is 0 Å². The van der Waals surface area contributed by atoms with E-state index >= 15 is 0 Å². The van der Waals surface area contributed by atoms with Gasteiger partial charge in [0, 0.05) is 16.7 Å². The van der Waals surface area contributed by atoms with Gasteiger partial charge in [-0.25, -0.2) is 4.21 Å². The molecule has 0 radical (unpaired) electrons. The largest absolute Gasteiger partial charge is 0.494 e. The quantitative estimate of drug-likeness (QED) is 0.328. The van der Waals surface area contributed by atoms with E-state index in [-0.39, 0.29) is 5.78 Å². The molecule has 0 saturated heterocycles. The zero-order chi connectivity index (χ0) is 20.9. The van der Waals surface area contributed by atoms with Crippen molar-refractivity contribution in [2.24, 2.45) is 0 Å². The first-order chi connectivity index (χ1) is 14.7. The molecular weight excluding hydrogens is 392 g/mol. The SMILES string of the molecule is CCCCCOc1ccc(C2=C(C(=O)c3ccccc3)c3ccccc3S2=O)cc1. The van der Waals surface area contributed by atoms with Gasteiger partial charge in [0.15, 0.2) is 5.78 Å². The highest BCUT2D eigenvalue weighted by Crippen LogP contribution is 2.43. The highest BCUT2D eigenvalue weighted by atomic mass is 32.2. The molecule has 0 spiro atoms. The lowest BCUT2D eigenvalue weighted by Crippen LogP contribution is -2.03. The molecule has 3 aromatic carbocycles. The summed E-state index contributed by atoms with van der Waals surface area (Å²) in [6.07, 6.45) is 3.33. The van der Waals surface area contributed by atoms with Gasteiger partial charge in [0.25, 0.3) is 0 Å². The van der Waals surface area contributed by atoms with Gasteiger partial charge in [-0.05, 0) is 30.2 Å². The van der Waals surface area contributed by atoms with Crippen molar-refractivity contribution in [2.75, 3.05) is 6.61 Å². The minimum absolute atomic E-state index is 0.108. The Bertz CT molecular complexity index is 1100. The number of carbonyl (C=O) groups excluding carboxylic acids is 1. The number of rotatable bonds is 8. The smallest absolute Gasteiger partial charge is 0.194 e. The maximum atomic E-state index is 13.4. The van der Waals surface area contributed by atoms with Crippen molar-refractivity contribution in [3.63, 3.8) is 0 Å². The predicted molar refractivity (Wildman–Crippen MR) is 122 cm³/mol. The highest BCUT2D eigenvalue weighted by molar-refractivity contribution is 7.95. The molecule has 4 heteroatoms. The first-order valence-corrected chi connectivity index (χ1v) is 11.4. The second kappa shape index (κ2) is 9.23. The first-order valence-electron chi connectivity index (χ1n) is 10.3. The third-order valence-electron chi connectivity index (χ3n) is 5.16. The Morgan fingerprint density at radius 3 is 2.30 bits per heavy atom. The van der Waals surface area contributed by atoms with Crippen LogP contribution in [-0.4, -0.2) is 16.6 Å². The van der Waals surface area contributed by atoms with Gasteiger partial charge in [0.2, 0.25) is 0 Å². The molecule has 1 unspecified atom stereocenters. The molecule has 0 bridgehead atoms. The molecule has 0 aromatic heterocycles. The van der Waals surface area contributed by atoms with E-state index in [4.69, 9.17) is 4.74 Å². The van der Waals surface area contributed by atoms with Crippen molar-refractivity contribution in [1.82, 2.24) is 0 Å². The number of ether oxygens (including phenoxy) is 1.